The number of carbonyl (C=O) groups is 2. The highest BCUT2D eigenvalue weighted by Gasteiger charge is 2.20. The topological polar surface area (TPSA) is 70.5 Å². The Hall–Kier alpha value is -1.62. The molecule has 0 fully saturated rings. The number of hydrogen-bond donors (Lipinski definition) is 1. The van der Waals surface area contributed by atoms with Crippen molar-refractivity contribution >= 4 is 23.5 Å². The first-order valence-corrected chi connectivity index (χ1v) is 5.97. The van der Waals surface area contributed by atoms with Gasteiger partial charge in [-0.1, -0.05) is 18.5 Å². The maximum absolute atomic E-state index is 12.1. The fraction of sp³-hybridized carbons (Fsp3) is 0.417. The van der Waals surface area contributed by atoms with Crippen LogP contribution in [-0.4, -0.2) is 40.0 Å². The average molecular weight is 271 g/mol. The lowest BCUT2D eigenvalue weighted by Crippen LogP contribution is -2.36. The summed E-state index contributed by atoms with van der Waals surface area (Å²) in [5, 5.41) is 9.09. The molecule has 0 aliphatic heterocycles. The van der Waals surface area contributed by atoms with Crippen molar-refractivity contribution in [1.82, 2.24) is 9.88 Å². The normalized spacial score (nSPS) is 11.9. The van der Waals surface area contributed by atoms with Gasteiger partial charge < -0.3 is 10.0 Å². The summed E-state index contributed by atoms with van der Waals surface area (Å²) in [6.45, 7) is 3.98. The highest BCUT2D eigenvalue weighted by atomic mass is 35.5. The Morgan fingerprint density at radius 2 is 2.22 bits per heavy atom. The molecule has 1 rings (SSSR count). The number of carboxylic acids is 1. The zero-order chi connectivity index (χ0) is 13.7. The number of nitrogens with zero attached hydrogens (tertiary/aromatic N) is 2. The van der Waals surface area contributed by atoms with Gasteiger partial charge in [0.25, 0.3) is 5.91 Å². The fourth-order valence-corrected chi connectivity index (χ4v) is 1.66. The number of amides is 1. The molecule has 0 aliphatic carbocycles. The quantitative estimate of drug-likeness (QED) is 0.830. The number of carboxylic acid groups (broad SMARTS) is 1. The van der Waals surface area contributed by atoms with Crippen LogP contribution >= 0.6 is 11.6 Å². The zero-order valence-corrected chi connectivity index (χ0v) is 11.0. The van der Waals surface area contributed by atoms with Gasteiger partial charge in [-0.15, -0.1) is 0 Å². The van der Waals surface area contributed by atoms with E-state index >= 15 is 0 Å². The molecule has 0 spiro atoms. The second-order valence-corrected chi connectivity index (χ2v) is 4.34. The highest BCUT2D eigenvalue weighted by Crippen LogP contribution is 2.11. The van der Waals surface area contributed by atoms with E-state index in [1.807, 2.05) is 0 Å². The highest BCUT2D eigenvalue weighted by molar-refractivity contribution is 6.29. The molecule has 1 heterocycles. The number of aliphatic carboxylic acids is 1. The molecule has 0 aliphatic rings. The molecule has 18 heavy (non-hydrogen) atoms. The van der Waals surface area contributed by atoms with Crippen molar-refractivity contribution in [3.63, 3.8) is 0 Å². The first-order valence-electron chi connectivity index (χ1n) is 5.59. The molecule has 1 aromatic heterocycles. The van der Waals surface area contributed by atoms with Crippen LogP contribution in [0.4, 0.5) is 0 Å². The average Bonchev–Trinajstić information content (AvgIpc) is 2.34. The van der Waals surface area contributed by atoms with E-state index in [1.165, 1.54) is 17.2 Å². The van der Waals surface area contributed by atoms with E-state index in [2.05, 4.69) is 4.98 Å². The van der Waals surface area contributed by atoms with Crippen LogP contribution in [0.3, 0.4) is 0 Å². The molecule has 0 saturated heterocycles. The van der Waals surface area contributed by atoms with Gasteiger partial charge in [0.05, 0.1) is 5.92 Å². The first kappa shape index (κ1) is 14.4. The summed E-state index contributed by atoms with van der Waals surface area (Å²) in [7, 11) is 0. The number of carbonyl (C=O) groups excluding carboxylic acids is 1. The van der Waals surface area contributed by atoms with Gasteiger partial charge in [-0.2, -0.15) is 0 Å². The summed E-state index contributed by atoms with van der Waals surface area (Å²) in [4.78, 5) is 28.2. The summed E-state index contributed by atoms with van der Waals surface area (Å²) in [6.07, 6.45) is 1.45. The van der Waals surface area contributed by atoms with E-state index in [4.69, 9.17) is 16.7 Å². The third-order valence-corrected chi connectivity index (χ3v) is 2.76. The van der Waals surface area contributed by atoms with E-state index in [0.717, 1.165) is 0 Å². The predicted octanol–water partition coefficient (Wildman–Crippen LogP) is 1.92. The molecule has 0 aromatic carbocycles. The van der Waals surface area contributed by atoms with Crippen LogP contribution in [0.1, 0.15) is 24.2 Å². The van der Waals surface area contributed by atoms with Gasteiger partial charge in [-0.3, -0.25) is 9.59 Å². The van der Waals surface area contributed by atoms with Crippen LogP contribution in [0, 0.1) is 5.92 Å². The van der Waals surface area contributed by atoms with Crippen molar-refractivity contribution < 1.29 is 14.7 Å². The maximum atomic E-state index is 12.1. The second-order valence-electron chi connectivity index (χ2n) is 3.95. The van der Waals surface area contributed by atoms with Crippen molar-refractivity contribution in [1.29, 1.82) is 0 Å². The molecular formula is C12H15ClN2O3. The molecule has 5 nitrogen and oxygen atoms in total. The van der Waals surface area contributed by atoms with E-state index < -0.39 is 11.9 Å². The summed E-state index contributed by atoms with van der Waals surface area (Å²) in [5.41, 5.74) is 0.412. The second kappa shape index (κ2) is 6.35. The van der Waals surface area contributed by atoms with Crippen molar-refractivity contribution in [3.05, 3.63) is 29.0 Å². The Labute approximate surface area is 110 Å². The third kappa shape index (κ3) is 3.70. The zero-order valence-electron chi connectivity index (χ0n) is 10.3. The molecule has 98 valence electrons. The minimum atomic E-state index is -0.922. The number of aromatic nitrogens is 1. The van der Waals surface area contributed by atoms with Crippen LogP contribution in [0.2, 0.25) is 5.15 Å². The Balaban J connectivity index is 2.82. The predicted molar refractivity (Wildman–Crippen MR) is 67.6 cm³/mol. The van der Waals surface area contributed by atoms with Gasteiger partial charge in [0.2, 0.25) is 0 Å². The monoisotopic (exact) mass is 270 g/mol. The maximum Gasteiger partial charge on any atom is 0.308 e. The van der Waals surface area contributed by atoms with Gasteiger partial charge in [0, 0.05) is 24.8 Å². The van der Waals surface area contributed by atoms with Gasteiger partial charge in [0.15, 0.2) is 0 Å². The van der Waals surface area contributed by atoms with Crippen molar-refractivity contribution in [2.45, 2.75) is 13.8 Å². The lowest BCUT2D eigenvalue weighted by atomic mass is 10.1. The van der Waals surface area contributed by atoms with E-state index in [0.29, 0.717) is 12.1 Å². The van der Waals surface area contributed by atoms with Crippen LogP contribution < -0.4 is 0 Å². The van der Waals surface area contributed by atoms with E-state index in [9.17, 15) is 9.59 Å². The van der Waals surface area contributed by atoms with Crippen molar-refractivity contribution in [2.24, 2.45) is 5.92 Å². The smallest absolute Gasteiger partial charge is 0.308 e. The molecule has 1 aromatic rings. The Morgan fingerprint density at radius 1 is 1.56 bits per heavy atom. The lowest BCUT2D eigenvalue weighted by molar-refractivity contribution is -0.141. The van der Waals surface area contributed by atoms with E-state index in [1.54, 1.807) is 19.9 Å². The minimum Gasteiger partial charge on any atom is -0.481 e. The largest absolute Gasteiger partial charge is 0.481 e. The molecule has 0 bridgehead atoms. The van der Waals surface area contributed by atoms with Gasteiger partial charge >= 0.3 is 5.97 Å². The summed E-state index contributed by atoms with van der Waals surface area (Å²) >= 11 is 5.72. The van der Waals surface area contributed by atoms with Crippen LogP contribution in [0.25, 0.3) is 0 Å². The van der Waals surface area contributed by atoms with Crippen LogP contribution in [-0.2, 0) is 4.79 Å². The van der Waals surface area contributed by atoms with Crippen LogP contribution in [0.5, 0.6) is 0 Å². The standard InChI is InChI=1S/C12H15ClN2O3/c1-3-15(7-8(2)12(17)18)11(16)9-4-5-14-10(13)6-9/h4-6,8H,3,7H2,1-2H3,(H,17,18). The van der Waals surface area contributed by atoms with Gasteiger partial charge in [-0.05, 0) is 19.1 Å². The lowest BCUT2D eigenvalue weighted by Gasteiger charge is -2.22. The van der Waals surface area contributed by atoms with E-state index in [-0.39, 0.29) is 17.6 Å². The number of pyridine rings is 1. The first-order chi connectivity index (χ1) is 8.45. The Morgan fingerprint density at radius 3 is 2.72 bits per heavy atom. The molecule has 1 atom stereocenters. The molecule has 0 radical (unpaired) electrons. The molecule has 0 saturated carbocycles. The summed E-state index contributed by atoms with van der Waals surface area (Å²) < 4.78 is 0. The molecule has 6 heteroatoms. The number of hydrogen-bond acceptors (Lipinski definition) is 3. The SMILES string of the molecule is CCN(CC(C)C(=O)O)C(=O)c1ccnc(Cl)c1. The Bertz CT molecular complexity index is 451. The number of rotatable bonds is 5. The number of halogens is 1. The Kier molecular flexibility index (Phi) is 5.09. The molecule has 1 amide bonds. The molecule has 1 N–H and O–H groups in total. The fourth-order valence-electron chi connectivity index (χ4n) is 1.48. The minimum absolute atomic E-state index is 0.171. The van der Waals surface area contributed by atoms with Crippen molar-refractivity contribution in [3.8, 4) is 0 Å². The summed E-state index contributed by atoms with van der Waals surface area (Å²) in [6, 6.07) is 3.03. The van der Waals surface area contributed by atoms with Crippen LogP contribution in [0.15, 0.2) is 18.3 Å². The third-order valence-electron chi connectivity index (χ3n) is 2.56. The van der Waals surface area contributed by atoms with Crippen molar-refractivity contribution in [2.75, 3.05) is 13.1 Å². The van der Waals surface area contributed by atoms with Gasteiger partial charge in [0.1, 0.15) is 5.15 Å². The van der Waals surface area contributed by atoms with Gasteiger partial charge in [-0.25, -0.2) is 4.98 Å². The molecule has 1 unspecified atom stereocenters. The molecular weight excluding hydrogens is 256 g/mol. The summed E-state index contributed by atoms with van der Waals surface area (Å²) in [5.74, 6) is -1.77.